The fourth-order valence-electron chi connectivity index (χ4n) is 7.40. The number of rotatable bonds is 12. The molecule has 51 heavy (non-hydrogen) atoms. The van der Waals surface area contributed by atoms with E-state index in [0.29, 0.717) is 45.9 Å². The van der Waals surface area contributed by atoms with Crippen molar-refractivity contribution in [2.45, 2.75) is 80.8 Å². The summed E-state index contributed by atoms with van der Waals surface area (Å²) in [6.07, 6.45) is 6.68. The number of ether oxygens (including phenoxy) is 1. The van der Waals surface area contributed by atoms with Crippen LogP contribution in [0.3, 0.4) is 0 Å². The molecule has 6 rings (SSSR count). The summed E-state index contributed by atoms with van der Waals surface area (Å²) in [5.41, 5.74) is 1.85. The van der Waals surface area contributed by atoms with E-state index in [4.69, 9.17) is 20.8 Å². The molecule has 1 saturated carbocycles. The molecule has 1 fully saturated rings. The summed E-state index contributed by atoms with van der Waals surface area (Å²) in [5.74, 6) is 0.423. The molecular weight excluding hydrogens is 714 g/mol. The number of hydrogen-bond acceptors (Lipinski definition) is 8. The number of aliphatic hydroxyl groups is 1. The third-order valence-electron chi connectivity index (χ3n) is 9.99. The Morgan fingerprint density at radius 1 is 0.882 bits per heavy atom. The second kappa shape index (κ2) is 14.8. The van der Waals surface area contributed by atoms with Crippen molar-refractivity contribution < 1.29 is 40.2 Å². The minimum absolute atomic E-state index is 0.0241. The largest absolute Gasteiger partial charge is 0.442 e. The fraction of sp³-hybridized carbons (Fsp3) is 0.342. The van der Waals surface area contributed by atoms with Crippen LogP contribution in [0, 0.1) is 19.8 Å². The number of aromatic nitrogens is 1. The van der Waals surface area contributed by atoms with E-state index >= 15 is 0 Å². The standard InChI is InChI=1S/C38H40ClNO9S2/c1-24-25(2)35(50(42,43)44)36(51(45,46)47)32-18-15-27(19-20-48-23-26-13-16-30(39)17-14-26)33(34(24)32)21-31-22-40-37(49-31)38(41,28-9-5-3-6-10-28)29-11-7-4-8-12-29/h3,5-6,9-10,13-18,22,29,41H,4,7-8,11-12,19-21,23H2,1-2H3,(H,42,43,44)(H,45,46,47)/t38-/m0/s1. The number of fused-ring (bicyclic) bond motifs is 1. The highest BCUT2D eigenvalue weighted by molar-refractivity contribution is 7.89. The van der Waals surface area contributed by atoms with Gasteiger partial charge in [0.25, 0.3) is 20.2 Å². The van der Waals surface area contributed by atoms with Crippen molar-refractivity contribution in [2.24, 2.45) is 5.92 Å². The molecule has 0 saturated heterocycles. The smallest absolute Gasteiger partial charge is 0.296 e. The second-order valence-electron chi connectivity index (χ2n) is 13.2. The van der Waals surface area contributed by atoms with Crippen LogP contribution in [0.4, 0.5) is 0 Å². The lowest BCUT2D eigenvalue weighted by Gasteiger charge is -2.36. The maximum atomic E-state index is 12.8. The first-order valence-electron chi connectivity index (χ1n) is 16.8. The molecule has 0 radical (unpaired) electrons. The molecule has 5 aromatic rings. The normalized spacial score (nSPS) is 15.6. The van der Waals surface area contributed by atoms with E-state index in [1.54, 1.807) is 31.3 Å². The molecule has 3 N–H and O–H groups in total. The molecule has 0 aliphatic heterocycles. The van der Waals surface area contributed by atoms with Crippen molar-refractivity contribution in [3.63, 3.8) is 0 Å². The lowest BCUT2D eigenvalue weighted by atomic mass is 9.73. The third kappa shape index (κ3) is 7.64. The van der Waals surface area contributed by atoms with Crippen LogP contribution in [-0.4, -0.2) is 42.6 Å². The summed E-state index contributed by atoms with van der Waals surface area (Å²) in [4.78, 5) is 2.83. The first-order chi connectivity index (χ1) is 24.2. The Bertz CT molecular complexity index is 2270. The van der Waals surface area contributed by atoms with E-state index in [9.17, 15) is 31.0 Å². The van der Waals surface area contributed by atoms with Crippen molar-refractivity contribution in [1.29, 1.82) is 0 Å². The van der Waals surface area contributed by atoms with E-state index in [1.807, 2.05) is 42.5 Å². The van der Waals surface area contributed by atoms with Gasteiger partial charge in [-0.1, -0.05) is 85.5 Å². The zero-order chi connectivity index (χ0) is 36.6. The van der Waals surface area contributed by atoms with Gasteiger partial charge in [0.1, 0.15) is 15.6 Å². The molecule has 270 valence electrons. The van der Waals surface area contributed by atoms with Gasteiger partial charge in [0.15, 0.2) is 5.60 Å². The van der Waals surface area contributed by atoms with Crippen LogP contribution in [-0.2, 0) is 50.0 Å². The number of oxazole rings is 1. The second-order valence-corrected chi connectivity index (χ2v) is 16.3. The van der Waals surface area contributed by atoms with Crippen LogP contribution >= 0.6 is 11.6 Å². The molecule has 10 nitrogen and oxygen atoms in total. The average molecular weight is 754 g/mol. The van der Waals surface area contributed by atoms with Gasteiger partial charge < -0.3 is 14.3 Å². The molecule has 1 aliphatic carbocycles. The maximum Gasteiger partial charge on any atom is 0.296 e. The van der Waals surface area contributed by atoms with Gasteiger partial charge in [-0.2, -0.15) is 16.8 Å². The number of aryl methyl sites for hydroxylation is 1. The Hall–Kier alpha value is -3.62. The molecule has 1 atom stereocenters. The van der Waals surface area contributed by atoms with Crippen molar-refractivity contribution >= 4 is 42.6 Å². The monoisotopic (exact) mass is 753 g/mol. The van der Waals surface area contributed by atoms with Crippen molar-refractivity contribution in [1.82, 2.24) is 4.98 Å². The fourth-order valence-corrected chi connectivity index (χ4v) is 9.88. The first kappa shape index (κ1) is 37.1. The minimum atomic E-state index is -5.14. The van der Waals surface area contributed by atoms with Crippen molar-refractivity contribution in [3.05, 3.63) is 123 Å². The molecule has 0 bridgehead atoms. The third-order valence-corrected chi connectivity index (χ3v) is 12.3. The van der Waals surface area contributed by atoms with Crippen molar-refractivity contribution in [3.8, 4) is 0 Å². The molecular formula is C38H40ClNO9S2. The van der Waals surface area contributed by atoms with Gasteiger partial charge in [-0.3, -0.25) is 9.11 Å². The molecule has 1 heterocycles. The summed E-state index contributed by atoms with van der Waals surface area (Å²) in [6, 6.07) is 19.7. The number of nitrogens with zero attached hydrogens (tertiary/aromatic N) is 1. The highest BCUT2D eigenvalue weighted by atomic mass is 35.5. The lowest BCUT2D eigenvalue weighted by molar-refractivity contribution is -0.0238. The predicted molar refractivity (Wildman–Crippen MR) is 193 cm³/mol. The zero-order valence-corrected chi connectivity index (χ0v) is 30.7. The Labute approximate surface area is 303 Å². The summed E-state index contributed by atoms with van der Waals surface area (Å²) in [6.45, 7) is 3.63. The summed E-state index contributed by atoms with van der Waals surface area (Å²) >= 11 is 6.01. The van der Waals surface area contributed by atoms with E-state index in [2.05, 4.69) is 4.98 Å². The van der Waals surface area contributed by atoms with Gasteiger partial charge in [0.2, 0.25) is 5.89 Å². The van der Waals surface area contributed by atoms with Crippen LogP contribution in [0.15, 0.2) is 87.1 Å². The molecule has 0 amide bonds. The lowest BCUT2D eigenvalue weighted by Crippen LogP contribution is -2.38. The zero-order valence-electron chi connectivity index (χ0n) is 28.3. The van der Waals surface area contributed by atoms with Crippen LogP contribution in [0.5, 0.6) is 0 Å². The molecule has 0 spiro atoms. The summed E-state index contributed by atoms with van der Waals surface area (Å²) in [5, 5.41) is 13.3. The van der Waals surface area contributed by atoms with Crippen molar-refractivity contribution in [2.75, 3.05) is 6.61 Å². The minimum Gasteiger partial charge on any atom is -0.442 e. The molecule has 1 aromatic heterocycles. The first-order valence-corrected chi connectivity index (χ1v) is 20.0. The van der Waals surface area contributed by atoms with E-state index in [-0.39, 0.29) is 35.8 Å². The van der Waals surface area contributed by atoms with Gasteiger partial charge in [-0.05, 0) is 84.0 Å². The molecule has 0 unspecified atom stereocenters. The van der Waals surface area contributed by atoms with Crippen LogP contribution in [0.2, 0.25) is 5.02 Å². The van der Waals surface area contributed by atoms with E-state index in [0.717, 1.165) is 43.2 Å². The maximum absolute atomic E-state index is 12.8. The van der Waals surface area contributed by atoms with E-state index in [1.165, 1.54) is 13.0 Å². The van der Waals surface area contributed by atoms with Gasteiger partial charge in [-0.15, -0.1) is 0 Å². The number of hydrogen-bond donors (Lipinski definition) is 3. The highest BCUT2D eigenvalue weighted by Crippen LogP contribution is 2.44. The van der Waals surface area contributed by atoms with Crippen LogP contribution in [0.25, 0.3) is 10.8 Å². The quantitative estimate of drug-likeness (QED) is 0.0847. The Morgan fingerprint density at radius 3 is 2.20 bits per heavy atom. The van der Waals surface area contributed by atoms with Crippen LogP contribution < -0.4 is 0 Å². The Balaban J connectivity index is 1.46. The molecule has 13 heteroatoms. The van der Waals surface area contributed by atoms with Gasteiger partial charge in [0.05, 0.1) is 19.4 Å². The van der Waals surface area contributed by atoms with Gasteiger partial charge >= 0.3 is 0 Å². The van der Waals surface area contributed by atoms with E-state index < -0.39 is 35.6 Å². The SMILES string of the molecule is Cc1c(S(=O)(=O)O)c(S(=O)(=O)O)c2ccc(CCOCc3ccc(Cl)cc3)c(Cc3cnc([C@](O)(c4ccccc4)C4CCCCC4)o3)c2c1C. The Kier molecular flexibility index (Phi) is 10.8. The molecule has 1 aliphatic rings. The summed E-state index contributed by atoms with van der Waals surface area (Å²) < 4.78 is 83.5. The van der Waals surface area contributed by atoms with Crippen LogP contribution in [0.1, 0.15) is 77.1 Å². The van der Waals surface area contributed by atoms with Gasteiger partial charge in [-0.25, -0.2) is 4.98 Å². The Morgan fingerprint density at radius 2 is 1.55 bits per heavy atom. The number of benzene rings is 4. The topological polar surface area (TPSA) is 164 Å². The van der Waals surface area contributed by atoms with Gasteiger partial charge in [0, 0.05) is 22.7 Å². The number of halogens is 1. The molecule has 4 aromatic carbocycles. The predicted octanol–water partition coefficient (Wildman–Crippen LogP) is 7.76. The highest BCUT2D eigenvalue weighted by Gasteiger charge is 2.44. The average Bonchev–Trinajstić information content (AvgIpc) is 3.58. The summed E-state index contributed by atoms with van der Waals surface area (Å²) in [7, 11) is -10.2.